The molecule has 0 spiro atoms. The number of rotatable bonds is 2. The zero-order valence-electron chi connectivity index (χ0n) is 8.28. The lowest BCUT2D eigenvalue weighted by Gasteiger charge is -2.02. The number of anilines is 2. The molecule has 0 bridgehead atoms. The Morgan fingerprint density at radius 3 is 2.82 bits per heavy atom. The first kappa shape index (κ1) is 11.7. The lowest BCUT2D eigenvalue weighted by Crippen LogP contribution is -2.13. The van der Waals surface area contributed by atoms with Gasteiger partial charge in [0.15, 0.2) is 0 Å². The summed E-state index contributed by atoms with van der Waals surface area (Å²) in [4.78, 5) is 11.7. The van der Waals surface area contributed by atoms with Crippen molar-refractivity contribution >= 4 is 39.1 Å². The largest absolute Gasteiger partial charge is 0.374 e. The van der Waals surface area contributed by atoms with Gasteiger partial charge in [-0.1, -0.05) is 22.9 Å². The van der Waals surface area contributed by atoms with Crippen LogP contribution < -0.4 is 11.1 Å². The van der Waals surface area contributed by atoms with Crippen molar-refractivity contribution in [1.29, 1.82) is 0 Å². The molecule has 88 valence electrons. The number of halogens is 2. The quantitative estimate of drug-likeness (QED) is 0.878. The van der Waals surface area contributed by atoms with E-state index in [2.05, 4.69) is 15.5 Å². The van der Waals surface area contributed by atoms with Crippen molar-refractivity contribution in [2.24, 2.45) is 0 Å². The number of nitrogens with one attached hydrogen (secondary N) is 1. The van der Waals surface area contributed by atoms with Crippen LogP contribution in [0.15, 0.2) is 18.2 Å². The molecule has 3 N–H and O–H groups in total. The molecule has 0 saturated carbocycles. The standard InChI is InChI=1S/C9H6ClFN4OS/c10-4-1-2-5(6(11)3-4)7(16)13-9-15-14-8(12)17-9/h1-3H,(H2,12,14)(H,13,15,16). The van der Waals surface area contributed by atoms with Gasteiger partial charge in [0.2, 0.25) is 10.3 Å². The minimum absolute atomic E-state index is 0.122. The van der Waals surface area contributed by atoms with Crippen LogP contribution in [-0.2, 0) is 0 Å². The first-order valence-corrected chi connectivity index (χ1v) is 5.61. The highest BCUT2D eigenvalue weighted by molar-refractivity contribution is 7.19. The van der Waals surface area contributed by atoms with Crippen LogP contribution in [0.25, 0.3) is 0 Å². The summed E-state index contributed by atoms with van der Waals surface area (Å²) in [7, 11) is 0. The Bertz CT molecular complexity index is 574. The minimum atomic E-state index is -0.701. The zero-order valence-corrected chi connectivity index (χ0v) is 9.85. The van der Waals surface area contributed by atoms with Crippen molar-refractivity contribution in [3.8, 4) is 0 Å². The molecule has 1 aromatic heterocycles. The Morgan fingerprint density at radius 2 is 2.24 bits per heavy atom. The van der Waals surface area contributed by atoms with Crippen LogP contribution in [0, 0.1) is 5.82 Å². The molecule has 1 aromatic carbocycles. The number of nitrogen functional groups attached to an aromatic ring is 1. The monoisotopic (exact) mass is 272 g/mol. The molecular formula is C9H6ClFN4OS. The predicted molar refractivity (Wildman–Crippen MR) is 63.7 cm³/mol. The maximum Gasteiger partial charge on any atom is 0.260 e. The van der Waals surface area contributed by atoms with Crippen LogP contribution in [0.4, 0.5) is 14.7 Å². The number of amides is 1. The molecule has 0 aliphatic rings. The van der Waals surface area contributed by atoms with Gasteiger partial charge in [-0.2, -0.15) is 0 Å². The Labute approximate surface area is 104 Å². The van der Waals surface area contributed by atoms with Crippen LogP contribution in [0.2, 0.25) is 5.02 Å². The van der Waals surface area contributed by atoms with E-state index in [4.69, 9.17) is 17.3 Å². The lowest BCUT2D eigenvalue weighted by atomic mass is 10.2. The van der Waals surface area contributed by atoms with E-state index >= 15 is 0 Å². The van der Waals surface area contributed by atoms with Gasteiger partial charge in [-0.25, -0.2) is 4.39 Å². The smallest absolute Gasteiger partial charge is 0.260 e. The molecule has 0 fully saturated rings. The highest BCUT2D eigenvalue weighted by atomic mass is 35.5. The van der Waals surface area contributed by atoms with Crippen molar-refractivity contribution in [3.05, 3.63) is 34.6 Å². The molecule has 2 rings (SSSR count). The molecule has 0 saturated heterocycles. The molecule has 2 aromatic rings. The fourth-order valence-corrected chi connectivity index (χ4v) is 1.79. The van der Waals surface area contributed by atoms with Crippen LogP contribution >= 0.6 is 22.9 Å². The molecule has 1 heterocycles. The van der Waals surface area contributed by atoms with Crippen molar-refractivity contribution in [2.75, 3.05) is 11.1 Å². The van der Waals surface area contributed by atoms with Crippen LogP contribution in [-0.4, -0.2) is 16.1 Å². The molecule has 0 unspecified atom stereocenters. The fraction of sp³-hybridized carbons (Fsp3) is 0. The van der Waals surface area contributed by atoms with Gasteiger partial charge < -0.3 is 5.73 Å². The fourth-order valence-electron chi connectivity index (χ4n) is 1.12. The number of hydrogen-bond donors (Lipinski definition) is 2. The van der Waals surface area contributed by atoms with Crippen LogP contribution in [0.3, 0.4) is 0 Å². The molecule has 0 aliphatic carbocycles. The third kappa shape index (κ3) is 2.69. The van der Waals surface area contributed by atoms with Crippen LogP contribution in [0.5, 0.6) is 0 Å². The first-order valence-electron chi connectivity index (χ1n) is 4.41. The normalized spacial score (nSPS) is 10.2. The highest BCUT2D eigenvalue weighted by Crippen LogP contribution is 2.19. The maximum atomic E-state index is 13.4. The van der Waals surface area contributed by atoms with E-state index in [-0.39, 0.29) is 20.8 Å². The summed E-state index contributed by atoms with van der Waals surface area (Å²) < 4.78 is 13.4. The molecular weight excluding hydrogens is 267 g/mol. The molecule has 17 heavy (non-hydrogen) atoms. The van der Waals surface area contributed by atoms with Gasteiger partial charge >= 0.3 is 0 Å². The number of nitrogens with zero attached hydrogens (tertiary/aromatic N) is 2. The summed E-state index contributed by atoms with van der Waals surface area (Å²) >= 11 is 6.57. The Morgan fingerprint density at radius 1 is 1.47 bits per heavy atom. The predicted octanol–water partition coefficient (Wildman–Crippen LogP) is 2.17. The number of aromatic nitrogens is 2. The summed E-state index contributed by atoms with van der Waals surface area (Å²) in [5, 5.41) is 10.1. The summed E-state index contributed by atoms with van der Waals surface area (Å²) in [5.41, 5.74) is 5.22. The molecule has 5 nitrogen and oxygen atoms in total. The highest BCUT2D eigenvalue weighted by Gasteiger charge is 2.13. The molecule has 0 atom stereocenters. The first-order chi connectivity index (χ1) is 8.06. The summed E-state index contributed by atoms with van der Waals surface area (Å²) in [6.45, 7) is 0. The Balaban J connectivity index is 2.20. The van der Waals surface area contributed by atoms with E-state index in [1.165, 1.54) is 12.1 Å². The van der Waals surface area contributed by atoms with Crippen molar-refractivity contribution in [3.63, 3.8) is 0 Å². The lowest BCUT2D eigenvalue weighted by molar-refractivity contribution is 0.102. The molecule has 8 heteroatoms. The number of carbonyl (C=O) groups excluding carboxylic acids is 1. The molecule has 0 aliphatic heterocycles. The van der Waals surface area contributed by atoms with Crippen molar-refractivity contribution < 1.29 is 9.18 Å². The Kier molecular flexibility index (Phi) is 3.21. The molecule has 1 amide bonds. The van der Waals surface area contributed by atoms with E-state index in [1.54, 1.807) is 0 Å². The molecule has 0 radical (unpaired) electrons. The summed E-state index contributed by atoms with van der Waals surface area (Å²) in [6, 6.07) is 3.77. The van der Waals surface area contributed by atoms with Gasteiger partial charge in [-0.15, -0.1) is 10.2 Å². The van der Waals surface area contributed by atoms with Crippen molar-refractivity contribution in [1.82, 2.24) is 10.2 Å². The van der Waals surface area contributed by atoms with Crippen LogP contribution in [0.1, 0.15) is 10.4 Å². The van der Waals surface area contributed by atoms with Gasteiger partial charge in [-0.3, -0.25) is 10.1 Å². The number of carbonyl (C=O) groups is 1. The second-order valence-corrected chi connectivity index (χ2v) is 4.47. The average Bonchev–Trinajstić information content (AvgIpc) is 2.63. The maximum absolute atomic E-state index is 13.4. The van der Waals surface area contributed by atoms with Gasteiger partial charge in [0.05, 0.1) is 5.56 Å². The topological polar surface area (TPSA) is 80.9 Å². The second-order valence-electron chi connectivity index (χ2n) is 3.02. The number of nitrogens with two attached hydrogens (primary N) is 1. The summed E-state index contributed by atoms with van der Waals surface area (Å²) in [5.74, 6) is -1.33. The minimum Gasteiger partial charge on any atom is -0.374 e. The Hall–Kier alpha value is -1.73. The van der Waals surface area contributed by atoms with Gasteiger partial charge in [0.1, 0.15) is 5.82 Å². The van der Waals surface area contributed by atoms with Crippen molar-refractivity contribution in [2.45, 2.75) is 0 Å². The zero-order chi connectivity index (χ0) is 12.4. The second kappa shape index (κ2) is 4.64. The van der Waals surface area contributed by atoms with E-state index in [0.717, 1.165) is 17.4 Å². The third-order valence-corrected chi connectivity index (χ3v) is 2.74. The summed E-state index contributed by atoms with van der Waals surface area (Å²) in [6.07, 6.45) is 0. The number of hydrogen-bond acceptors (Lipinski definition) is 5. The van der Waals surface area contributed by atoms with E-state index in [0.29, 0.717) is 0 Å². The van der Waals surface area contributed by atoms with E-state index < -0.39 is 11.7 Å². The van der Waals surface area contributed by atoms with E-state index in [9.17, 15) is 9.18 Å². The van der Waals surface area contributed by atoms with Gasteiger partial charge in [0.25, 0.3) is 5.91 Å². The van der Waals surface area contributed by atoms with E-state index in [1.807, 2.05) is 0 Å². The SMILES string of the molecule is Nc1nnc(NC(=O)c2ccc(Cl)cc2F)s1. The third-order valence-electron chi connectivity index (χ3n) is 1.84. The number of benzene rings is 1. The average molecular weight is 273 g/mol. The van der Waals surface area contributed by atoms with Gasteiger partial charge in [-0.05, 0) is 18.2 Å². The van der Waals surface area contributed by atoms with Gasteiger partial charge in [0, 0.05) is 5.02 Å².